The smallest absolute Gasteiger partial charge is 0.245 e. The summed E-state index contributed by atoms with van der Waals surface area (Å²) >= 11 is 1.08. The quantitative estimate of drug-likeness (QED) is 0.840. The number of fused-ring (bicyclic) bond motifs is 1. The molecule has 2 aromatic rings. The van der Waals surface area contributed by atoms with E-state index in [1.54, 1.807) is 6.20 Å². The maximum absolute atomic E-state index is 9.96. The molecule has 0 spiro atoms. The van der Waals surface area contributed by atoms with Gasteiger partial charge in [0.05, 0.1) is 18.3 Å². The summed E-state index contributed by atoms with van der Waals surface area (Å²) in [5.74, 6) is 1.37. The van der Waals surface area contributed by atoms with Crippen LogP contribution in [-0.4, -0.2) is 39.7 Å². The van der Waals surface area contributed by atoms with Gasteiger partial charge in [0.1, 0.15) is 24.7 Å². The average Bonchev–Trinajstić information content (AvgIpc) is 3.04. The number of aliphatic hydroxyl groups excluding tert-OH is 1. The Labute approximate surface area is 127 Å². The van der Waals surface area contributed by atoms with Crippen LogP contribution in [0.4, 0.5) is 0 Å². The normalized spacial score (nSPS) is 18.6. The van der Waals surface area contributed by atoms with Crippen LogP contribution in [-0.2, 0) is 0 Å². The highest BCUT2D eigenvalue weighted by atomic mass is 32.1. The lowest BCUT2D eigenvalue weighted by Crippen LogP contribution is -2.35. The highest BCUT2D eigenvalue weighted by Gasteiger charge is 2.21. The van der Waals surface area contributed by atoms with E-state index in [1.165, 1.54) is 0 Å². The van der Waals surface area contributed by atoms with Gasteiger partial charge in [-0.25, -0.2) is 0 Å². The summed E-state index contributed by atoms with van der Waals surface area (Å²) in [6, 6.07) is 8.18. The lowest BCUT2D eigenvalue weighted by molar-refractivity contribution is 0.0991. The van der Waals surface area contributed by atoms with Crippen LogP contribution >= 0.6 is 11.7 Å². The summed E-state index contributed by atoms with van der Waals surface area (Å²) in [5, 5.41) is 13.3. The fraction of sp³-hybridized carbons (Fsp3) is 0.429. The van der Waals surface area contributed by atoms with Gasteiger partial charge in [0, 0.05) is 24.6 Å². The third kappa shape index (κ3) is 3.69. The van der Waals surface area contributed by atoms with Crippen molar-refractivity contribution in [2.45, 2.75) is 18.6 Å². The molecule has 0 fully saturated rings. The second-order valence-corrected chi connectivity index (χ2v) is 5.40. The third-order valence-corrected chi connectivity index (χ3v) is 3.78. The minimum atomic E-state index is -0.596. The van der Waals surface area contributed by atoms with E-state index in [9.17, 15) is 5.11 Å². The first-order valence-corrected chi connectivity index (χ1v) is 7.59. The van der Waals surface area contributed by atoms with Crippen LogP contribution in [0.25, 0.3) is 0 Å². The molecule has 3 rings (SSSR count). The number of benzene rings is 1. The number of para-hydroxylation sites is 1. The highest BCUT2D eigenvalue weighted by Crippen LogP contribution is 2.31. The molecule has 6 nitrogen and oxygen atoms in total. The molecule has 21 heavy (non-hydrogen) atoms. The number of nitrogens with zero attached hydrogens (tertiary/aromatic N) is 2. The van der Waals surface area contributed by atoms with Crippen molar-refractivity contribution >= 4 is 11.7 Å². The van der Waals surface area contributed by atoms with Crippen molar-refractivity contribution in [1.29, 1.82) is 0 Å². The first-order valence-electron chi connectivity index (χ1n) is 6.86. The Morgan fingerprint density at radius 1 is 1.48 bits per heavy atom. The van der Waals surface area contributed by atoms with Crippen molar-refractivity contribution < 1.29 is 14.6 Å². The molecule has 1 aliphatic heterocycles. The Kier molecular flexibility index (Phi) is 4.64. The second kappa shape index (κ2) is 6.84. The number of aliphatic hydroxyl groups is 1. The van der Waals surface area contributed by atoms with Crippen LogP contribution in [0.2, 0.25) is 0 Å². The molecule has 1 aliphatic rings. The van der Waals surface area contributed by atoms with Gasteiger partial charge in [-0.15, -0.1) is 4.37 Å². The van der Waals surface area contributed by atoms with Gasteiger partial charge in [-0.1, -0.05) is 18.2 Å². The first kappa shape index (κ1) is 14.2. The first-order chi connectivity index (χ1) is 10.3. The lowest BCUT2D eigenvalue weighted by atomic mass is 10.0. The van der Waals surface area contributed by atoms with E-state index in [4.69, 9.17) is 9.47 Å². The predicted molar refractivity (Wildman–Crippen MR) is 78.7 cm³/mol. The fourth-order valence-electron chi connectivity index (χ4n) is 2.29. The van der Waals surface area contributed by atoms with Crippen LogP contribution in [0.15, 0.2) is 30.5 Å². The minimum absolute atomic E-state index is 0.198. The number of hydrogen-bond acceptors (Lipinski definition) is 7. The van der Waals surface area contributed by atoms with Gasteiger partial charge in [-0.05, 0) is 6.07 Å². The molecule has 2 unspecified atom stereocenters. The van der Waals surface area contributed by atoms with E-state index in [0.717, 1.165) is 29.5 Å². The predicted octanol–water partition coefficient (Wildman–Crippen LogP) is 1.39. The maximum atomic E-state index is 9.96. The van der Waals surface area contributed by atoms with Gasteiger partial charge >= 0.3 is 0 Å². The molecule has 2 atom stereocenters. The van der Waals surface area contributed by atoms with Crippen LogP contribution < -0.4 is 14.8 Å². The second-order valence-electron chi connectivity index (χ2n) is 4.85. The summed E-state index contributed by atoms with van der Waals surface area (Å²) in [6.45, 7) is 1.34. The van der Waals surface area contributed by atoms with Gasteiger partial charge in [0.25, 0.3) is 0 Å². The summed E-state index contributed by atoms with van der Waals surface area (Å²) < 4.78 is 18.7. The van der Waals surface area contributed by atoms with Gasteiger partial charge in [-0.2, -0.15) is 4.37 Å². The van der Waals surface area contributed by atoms with E-state index < -0.39 is 6.10 Å². The number of rotatable bonds is 6. The van der Waals surface area contributed by atoms with Crippen LogP contribution in [0.3, 0.4) is 0 Å². The van der Waals surface area contributed by atoms with Crippen molar-refractivity contribution in [3.05, 3.63) is 36.0 Å². The standard InChI is InChI=1S/C14H17N3O3S/c18-10(9-20-14-8-16-21-17-14)7-15-12-5-6-19-13-4-2-1-3-11(12)13/h1-4,8,10,12,15,18H,5-7,9H2. The molecule has 1 aromatic heterocycles. The van der Waals surface area contributed by atoms with E-state index in [-0.39, 0.29) is 12.6 Å². The Morgan fingerprint density at radius 3 is 3.24 bits per heavy atom. The zero-order valence-corrected chi connectivity index (χ0v) is 12.3. The molecule has 2 N–H and O–H groups in total. The Balaban J connectivity index is 1.49. The van der Waals surface area contributed by atoms with Gasteiger partial charge in [0.2, 0.25) is 5.88 Å². The highest BCUT2D eigenvalue weighted by molar-refractivity contribution is 6.99. The van der Waals surface area contributed by atoms with Crippen LogP contribution in [0.1, 0.15) is 18.0 Å². The third-order valence-electron chi connectivity index (χ3n) is 3.32. The van der Waals surface area contributed by atoms with Crippen molar-refractivity contribution in [1.82, 2.24) is 14.1 Å². The Bertz CT molecular complexity index is 564. The van der Waals surface area contributed by atoms with Crippen molar-refractivity contribution in [2.24, 2.45) is 0 Å². The largest absolute Gasteiger partial charge is 0.493 e. The molecule has 0 bridgehead atoms. The van der Waals surface area contributed by atoms with Crippen molar-refractivity contribution in [2.75, 3.05) is 19.8 Å². The van der Waals surface area contributed by atoms with Crippen molar-refractivity contribution in [3.63, 3.8) is 0 Å². The zero-order valence-electron chi connectivity index (χ0n) is 11.4. The monoisotopic (exact) mass is 307 g/mol. The lowest BCUT2D eigenvalue weighted by Gasteiger charge is -2.27. The molecule has 0 amide bonds. The molecule has 1 aromatic carbocycles. The average molecular weight is 307 g/mol. The summed E-state index contributed by atoms with van der Waals surface area (Å²) in [5.41, 5.74) is 1.14. The number of nitrogens with one attached hydrogen (secondary N) is 1. The summed E-state index contributed by atoms with van der Waals surface area (Å²) in [7, 11) is 0. The topological polar surface area (TPSA) is 76.5 Å². The van der Waals surface area contributed by atoms with Crippen LogP contribution in [0.5, 0.6) is 11.6 Å². The number of aromatic nitrogens is 2. The van der Waals surface area contributed by atoms with Gasteiger partial charge < -0.3 is 19.9 Å². The minimum Gasteiger partial charge on any atom is -0.493 e. The molecule has 2 heterocycles. The molecule has 0 radical (unpaired) electrons. The molecule has 0 saturated heterocycles. The van der Waals surface area contributed by atoms with E-state index in [2.05, 4.69) is 20.1 Å². The van der Waals surface area contributed by atoms with Gasteiger partial charge in [-0.3, -0.25) is 0 Å². The maximum Gasteiger partial charge on any atom is 0.245 e. The number of hydrogen-bond donors (Lipinski definition) is 2. The Hall–Kier alpha value is -1.70. The van der Waals surface area contributed by atoms with E-state index in [0.29, 0.717) is 19.0 Å². The summed E-state index contributed by atoms with van der Waals surface area (Å²) in [6.07, 6.45) is 1.84. The van der Waals surface area contributed by atoms with Crippen LogP contribution in [0, 0.1) is 0 Å². The molecular weight excluding hydrogens is 290 g/mol. The molecule has 7 heteroatoms. The number of ether oxygens (including phenoxy) is 2. The SMILES string of the molecule is OC(CNC1CCOc2ccccc21)COc1cnsn1. The van der Waals surface area contributed by atoms with Crippen molar-refractivity contribution in [3.8, 4) is 11.6 Å². The molecular formula is C14H17N3O3S. The molecule has 112 valence electrons. The van der Waals surface area contributed by atoms with E-state index in [1.807, 2.05) is 18.2 Å². The zero-order chi connectivity index (χ0) is 14.5. The fourth-order valence-corrected chi connectivity index (χ4v) is 2.66. The summed E-state index contributed by atoms with van der Waals surface area (Å²) in [4.78, 5) is 0. The Morgan fingerprint density at radius 2 is 2.38 bits per heavy atom. The molecule has 0 aliphatic carbocycles. The van der Waals surface area contributed by atoms with Gasteiger partial charge in [0.15, 0.2) is 0 Å². The van der Waals surface area contributed by atoms with E-state index >= 15 is 0 Å². The molecule has 0 saturated carbocycles.